The molecule has 1 heterocycles. The molecule has 0 saturated carbocycles. The molecule has 1 N–H and O–H groups in total. The molecule has 2 aromatic carbocycles. The van der Waals surface area contributed by atoms with Gasteiger partial charge in [-0.1, -0.05) is 58.8 Å². The molecular formula is C16H11Cl2N3OS. The van der Waals surface area contributed by atoms with Crippen molar-refractivity contribution in [1.29, 1.82) is 0 Å². The fraction of sp³-hybridized carbons (Fsp3) is 0.0625. The maximum Gasteiger partial charge on any atom is 0.230 e. The molecule has 0 aliphatic rings. The van der Waals surface area contributed by atoms with Crippen LogP contribution < -0.4 is 5.32 Å². The molecule has 23 heavy (non-hydrogen) atoms. The van der Waals surface area contributed by atoms with E-state index in [-0.39, 0.29) is 12.3 Å². The highest BCUT2D eigenvalue weighted by atomic mass is 35.5. The third-order valence-corrected chi connectivity index (χ3v) is 4.43. The SMILES string of the molecule is O=C(Cc1ccc(Cl)cc1)Nc1nnc(-c2ccc(Cl)cc2)s1. The van der Waals surface area contributed by atoms with Crippen LogP contribution in [0.25, 0.3) is 10.6 Å². The molecule has 0 bridgehead atoms. The molecule has 0 unspecified atom stereocenters. The van der Waals surface area contributed by atoms with Crippen LogP contribution in [0, 0.1) is 0 Å². The van der Waals surface area contributed by atoms with E-state index in [0.717, 1.165) is 16.1 Å². The summed E-state index contributed by atoms with van der Waals surface area (Å²) in [5, 5.41) is 13.3. The molecule has 4 nitrogen and oxygen atoms in total. The molecular weight excluding hydrogens is 353 g/mol. The first-order valence-electron chi connectivity index (χ1n) is 6.74. The lowest BCUT2D eigenvalue weighted by atomic mass is 10.1. The molecule has 116 valence electrons. The lowest BCUT2D eigenvalue weighted by Crippen LogP contribution is -2.14. The normalized spacial score (nSPS) is 10.5. The van der Waals surface area contributed by atoms with Crippen LogP contribution in [-0.4, -0.2) is 16.1 Å². The Hall–Kier alpha value is -1.95. The summed E-state index contributed by atoms with van der Waals surface area (Å²) in [7, 11) is 0. The number of nitrogens with zero attached hydrogens (tertiary/aromatic N) is 2. The number of nitrogens with one attached hydrogen (secondary N) is 1. The van der Waals surface area contributed by atoms with Gasteiger partial charge in [0.15, 0.2) is 0 Å². The Balaban J connectivity index is 1.65. The Kier molecular flexibility index (Phi) is 4.91. The van der Waals surface area contributed by atoms with Gasteiger partial charge in [-0.25, -0.2) is 0 Å². The van der Waals surface area contributed by atoms with E-state index in [9.17, 15) is 4.79 Å². The zero-order chi connectivity index (χ0) is 16.2. The van der Waals surface area contributed by atoms with Crippen LogP contribution in [0.3, 0.4) is 0 Å². The first-order valence-corrected chi connectivity index (χ1v) is 8.31. The van der Waals surface area contributed by atoms with E-state index < -0.39 is 0 Å². The molecule has 0 atom stereocenters. The van der Waals surface area contributed by atoms with E-state index in [2.05, 4.69) is 15.5 Å². The Morgan fingerprint density at radius 1 is 0.957 bits per heavy atom. The lowest BCUT2D eigenvalue weighted by Gasteiger charge is -2.01. The van der Waals surface area contributed by atoms with Crippen LogP contribution in [-0.2, 0) is 11.2 Å². The van der Waals surface area contributed by atoms with Gasteiger partial charge in [0.25, 0.3) is 0 Å². The van der Waals surface area contributed by atoms with Crippen molar-refractivity contribution in [2.75, 3.05) is 5.32 Å². The highest BCUT2D eigenvalue weighted by Gasteiger charge is 2.10. The molecule has 7 heteroatoms. The number of hydrogen-bond donors (Lipinski definition) is 1. The van der Waals surface area contributed by atoms with Gasteiger partial charge in [-0.15, -0.1) is 10.2 Å². The van der Waals surface area contributed by atoms with Crippen molar-refractivity contribution in [2.24, 2.45) is 0 Å². The van der Waals surface area contributed by atoms with Crippen LogP contribution in [0.1, 0.15) is 5.56 Å². The van der Waals surface area contributed by atoms with Gasteiger partial charge in [0, 0.05) is 15.6 Å². The minimum atomic E-state index is -0.147. The molecule has 3 aromatic rings. The monoisotopic (exact) mass is 363 g/mol. The second-order valence-electron chi connectivity index (χ2n) is 4.77. The largest absolute Gasteiger partial charge is 0.300 e. The van der Waals surface area contributed by atoms with Gasteiger partial charge in [0.1, 0.15) is 5.01 Å². The van der Waals surface area contributed by atoms with E-state index >= 15 is 0 Å². The van der Waals surface area contributed by atoms with Crippen LogP contribution in [0.15, 0.2) is 48.5 Å². The maximum absolute atomic E-state index is 12.0. The van der Waals surface area contributed by atoms with E-state index in [1.54, 1.807) is 24.3 Å². The van der Waals surface area contributed by atoms with Gasteiger partial charge < -0.3 is 5.32 Å². The average Bonchev–Trinajstić information content (AvgIpc) is 2.98. The van der Waals surface area contributed by atoms with Crippen molar-refractivity contribution in [3.05, 3.63) is 64.1 Å². The van der Waals surface area contributed by atoms with E-state index in [1.165, 1.54) is 11.3 Å². The molecule has 3 rings (SSSR count). The highest BCUT2D eigenvalue weighted by molar-refractivity contribution is 7.18. The predicted molar refractivity (Wildman–Crippen MR) is 94.1 cm³/mol. The van der Waals surface area contributed by atoms with Gasteiger partial charge in [0.2, 0.25) is 11.0 Å². The minimum Gasteiger partial charge on any atom is -0.300 e. The summed E-state index contributed by atoms with van der Waals surface area (Å²) in [6, 6.07) is 14.5. The second kappa shape index (κ2) is 7.08. The van der Waals surface area contributed by atoms with Crippen LogP contribution >= 0.6 is 34.5 Å². The van der Waals surface area contributed by atoms with E-state index in [4.69, 9.17) is 23.2 Å². The number of anilines is 1. The van der Waals surface area contributed by atoms with Crippen molar-refractivity contribution in [3.63, 3.8) is 0 Å². The predicted octanol–water partition coefficient (Wildman–Crippen LogP) is 4.69. The Labute approximate surface area is 147 Å². The quantitative estimate of drug-likeness (QED) is 0.731. The van der Waals surface area contributed by atoms with Crippen molar-refractivity contribution in [2.45, 2.75) is 6.42 Å². The highest BCUT2D eigenvalue weighted by Crippen LogP contribution is 2.27. The van der Waals surface area contributed by atoms with Gasteiger partial charge >= 0.3 is 0 Å². The average molecular weight is 364 g/mol. The van der Waals surface area contributed by atoms with Crippen LogP contribution in [0.4, 0.5) is 5.13 Å². The first-order chi connectivity index (χ1) is 11.1. The smallest absolute Gasteiger partial charge is 0.230 e. The summed E-state index contributed by atoms with van der Waals surface area (Å²) in [6.07, 6.45) is 0.257. The third-order valence-electron chi connectivity index (χ3n) is 3.04. The molecule has 0 spiro atoms. The van der Waals surface area contributed by atoms with Crippen molar-refractivity contribution in [3.8, 4) is 10.6 Å². The summed E-state index contributed by atoms with van der Waals surface area (Å²) in [4.78, 5) is 12.0. The lowest BCUT2D eigenvalue weighted by molar-refractivity contribution is -0.115. The summed E-state index contributed by atoms with van der Waals surface area (Å²) in [5.41, 5.74) is 1.79. The van der Waals surface area contributed by atoms with Gasteiger partial charge in [-0.05, 0) is 29.8 Å². The van der Waals surface area contributed by atoms with E-state index in [1.807, 2.05) is 24.3 Å². The number of halogens is 2. The standard InChI is InChI=1S/C16H11Cl2N3OS/c17-12-5-1-10(2-6-12)9-14(22)19-16-21-20-15(23-16)11-3-7-13(18)8-4-11/h1-8H,9H2,(H,19,21,22). The van der Waals surface area contributed by atoms with Crippen molar-refractivity contribution >= 4 is 45.6 Å². The summed E-state index contributed by atoms with van der Waals surface area (Å²) in [6.45, 7) is 0. The maximum atomic E-state index is 12.0. The van der Waals surface area contributed by atoms with Crippen LogP contribution in [0.5, 0.6) is 0 Å². The molecule has 0 fully saturated rings. The number of aromatic nitrogens is 2. The topological polar surface area (TPSA) is 54.9 Å². The minimum absolute atomic E-state index is 0.147. The molecule has 1 amide bonds. The van der Waals surface area contributed by atoms with Crippen LogP contribution in [0.2, 0.25) is 10.0 Å². The Morgan fingerprint density at radius 2 is 1.57 bits per heavy atom. The number of hydrogen-bond acceptors (Lipinski definition) is 4. The molecule has 0 saturated heterocycles. The third kappa shape index (κ3) is 4.28. The summed E-state index contributed by atoms with van der Waals surface area (Å²) < 4.78 is 0. The summed E-state index contributed by atoms with van der Waals surface area (Å²) in [5.74, 6) is -0.147. The van der Waals surface area contributed by atoms with Crippen molar-refractivity contribution in [1.82, 2.24) is 10.2 Å². The second-order valence-corrected chi connectivity index (χ2v) is 6.62. The fourth-order valence-electron chi connectivity index (χ4n) is 1.93. The van der Waals surface area contributed by atoms with Gasteiger partial charge in [0.05, 0.1) is 6.42 Å². The Bertz CT molecular complexity index is 816. The molecule has 0 aliphatic heterocycles. The number of amides is 1. The Morgan fingerprint density at radius 3 is 2.22 bits per heavy atom. The summed E-state index contributed by atoms with van der Waals surface area (Å²) >= 11 is 13.0. The number of carbonyl (C=O) groups excluding carboxylic acids is 1. The molecule has 1 aromatic heterocycles. The van der Waals surface area contributed by atoms with E-state index in [0.29, 0.717) is 15.2 Å². The molecule has 0 radical (unpaired) electrons. The molecule has 0 aliphatic carbocycles. The van der Waals surface area contributed by atoms with Gasteiger partial charge in [-0.3, -0.25) is 4.79 Å². The van der Waals surface area contributed by atoms with Crippen molar-refractivity contribution < 1.29 is 4.79 Å². The number of benzene rings is 2. The number of rotatable bonds is 4. The first kappa shape index (κ1) is 15.9. The zero-order valence-electron chi connectivity index (χ0n) is 11.8. The fourth-order valence-corrected chi connectivity index (χ4v) is 2.95. The van der Waals surface area contributed by atoms with Gasteiger partial charge in [-0.2, -0.15) is 0 Å². The number of carbonyl (C=O) groups is 1. The zero-order valence-corrected chi connectivity index (χ0v) is 14.1.